The highest BCUT2D eigenvalue weighted by molar-refractivity contribution is 6.42. The standard InChI is InChI=1S/C13H17Cl2NO/c1-13(3-5-16-6-4-13)9-7-10(14)11(15)8-12(9)17-2/h7-8,16H,3-6H2,1-2H3. The van der Waals surface area contributed by atoms with E-state index >= 15 is 0 Å². The predicted molar refractivity (Wildman–Crippen MR) is 72.5 cm³/mol. The van der Waals surface area contributed by atoms with Gasteiger partial charge in [0, 0.05) is 11.6 Å². The highest BCUT2D eigenvalue weighted by atomic mass is 35.5. The first-order chi connectivity index (χ1) is 8.07. The lowest BCUT2D eigenvalue weighted by atomic mass is 9.74. The number of methoxy groups -OCH3 is 1. The second-order valence-corrected chi connectivity index (χ2v) is 5.59. The summed E-state index contributed by atoms with van der Waals surface area (Å²) in [5, 5.41) is 4.52. The first-order valence-electron chi connectivity index (χ1n) is 5.81. The van der Waals surface area contributed by atoms with Gasteiger partial charge in [-0.25, -0.2) is 0 Å². The van der Waals surface area contributed by atoms with E-state index in [9.17, 15) is 0 Å². The molecule has 2 rings (SSSR count). The molecular formula is C13H17Cl2NO. The zero-order valence-corrected chi connectivity index (χ0v) is 11.7. The monoisotopic (exact) mass is 273 g/mol. The Balaban J connectivity index is 2.45. The highest BCUT2D eigenvalue weighted by Crippen LogP contribution is 2.41. The summed E-state index contributed by atoms with van der Waals surface area (Å²) in [7, 11) is 1.67. The van der Waals surface area contributed by atoms with Crippen LogP contribution in [-0.4, -0.2) is 20.2 Å². The molecule has 0 aliphatic carbocycles. The average molecular weight is 274 g/mol. The van der Waals surface area contributed by atoms with E-state index in [-0.39, 0.29) is 5.41 Å². The van der Waals surface area contributed by atoms with E-state index in [0.29, 0.717) is 10.0 Å². The largest absolute Gasteiger partial charge is 0.496 e. The van der Waals surface area contributed by atoms with E-state index in [1.807, 2.05) is 12.1 Å². The van der Waals surface area contributed by atoms with Crippen LogP contribution in [0.15, 0.2) is 12.1 Å². The quantitative estimate of drug-likeness (QED) is 0.889. The van der Waals surface area contributed by atoms with Gasteiger partial charge in [-0.2, -0.15) is 0 Å². The van der Waals surface area contributed by atoms with Gasteiger partial charge in [-0.1, -0.05) is 30.1 Å². The van der Waals surface area contributed by atoms with E-state index in [0.717, 1.165) is 37.2 Å². The van der Waals surface area contributed by atoms with Crippen molar-refractivity contribution in [1.29, 1.82) is 0 Å². The predicted octanol–water partition coefficient (Wildman–Crippen LogP) is 3.64. The number of benzene rings is 1. The minimum Gasteiger partial charge on any atom is -0.496 e. The summed E-state index contributed by atoms with van der Waals surface area (Å²) in [4.78, 5) is 0. The highest BCUT2D eigenvalue weighted by Gasteiger charge is 2.32. The van der Waals surface area contributed by atoms with Crippen molar-refractivity contribution in [2.45, 2.75) is 25.2 Å². The molecule has 94 valence electrons. The zero-order chi connectivity index (χ0) is 12.5. The smallest absolute Gasteiger partial charge is 0.124 e. The molecule has 0 spiro atoms. The molecular weight excluding hydrogens is 257 g/mol. The first-order valence-corrected chi connectivity index (χ1v) is 6.57. The van der Waals surface area contributed by atoms with E-state index in [1.165, 1.54) is 0 Å². The van der Waals surface area contributed by atoms with Gasteiger partial charge in [0.1, 0.15) is 5.75 Å². The Morgan fingerprint density at radius 3 is 2.35 bits per heavy atom. The number of piperidine rings is 1. The Kier molecular flexibility index (Phi) is 3.86. The molecule has 0 bridgehead atoms. The molecule has 1 aliphatic heterocycles. The molecule has 1 fully saturated rings. The summed E-state index contributed by atoms with van der Waals surface area (Å²) in [6.45, 7) is 4.32. The fourth-order valence-corrected chi connectivity index (χ4v) is 2.73. The van der Waals surface area contributed by atoms with Crippen molar-refractivity contribution in [1.82, 2.24) is 5.32 Å². The molecule has 1 heterocycles. The molecule has 4 heteroatoms. The van der Waals surface area contributed by atoms with Gasteiger partial charge in [-0.15, -0.1) is 0 Å². The van der Waals surface area contributed by atoms with Crippen LogP contribution in [0.2, 0.25) is 10.0 Å². The molecule has 0 saturated carbocycles. The number of hydrogen-bond donors (Lipinski definition) is 1. The van der Waals surface area contributed by atoms with Crippen LogP contribution in [0.5, 0.6) is 5.75 Å². The van der Waals surface area contributed by atoms with Crippen molar-refractivity contribution in [2.75, 3.05) is 20.2 Å². The van der Waals surface area contributed by atoms with Gasteiger partial charge < -0.3 is 10.1 Å². The first kappa shape index (κ1) is 13.0. The summed E-state index contributed by atoms with van der Waals surface area (Å²) < 4.78 is 5.44. The third kappa shape index (κ3) is 2.54. The number of rotatable bonds is 2. The summed E-state index contributed by atoms with van der Waals surface area (Å²) in [6, 6.07) is 3.76. The molecule has 1 aromatic rings. The van der Waals surface area contributed by atoms with Crippen molar-refractivity contribution < 1.29 is 4.74 Å². The van der Waals surface area contributed by atoms with Gasteiger partial charge in [0.25, 0.3) is 0 Å². The number of hydrogen-bond acceptors (Lipinski definition) is 2. The summed E-state index contributed by atoms with van der Waals surface area (Å²) in [5.74, 6) is 0.837. The van der Waals surface area contributed by atoms with Gasteiger partial charge in [0.2, 0.25) is 0 Å². The Labute approximate surface area is 112 Å². The Morgan fingerprint density at radius 1 is 1.18 bits per heavy atom. The summed E-state index contributed by atoms with van der Waals surface area (Å²) >= 11 is 12.1. The molecule has 1 N–H and O–H groups in total. The zero-order valence-electron chi connectivity index (χ0n) is 10.1. The minimum atomic E-state index is 0.116. The normalized spacial score (nSPS) is 19.1. The van der Waals surface area contributed by atoms with Gasteiger partial charge in [0.15, 0.2) is 0 Å². The number of nitrogens with one attached hydrogen (secondary N) is 1. The Hall–Kier alpha value is -0.440. The molecule has 0 aromatic heterocycles. The Morgan fingerprint density at radius 2 is 1.76 bits per heavy atom. The summed E-state index contributed by atoms with van der Waals surface area (Å²) in [5.41, 5.74) is 1.28. The number of halogens is 2. The molecule has 17 heavy (non-hydrogen) atoms. The molecule has 1 aromatic carbocycles. The van der Waals surface area contributed by atoms with E-state index in [4.69, 9.17) is 27.9 Å². The fraction of sp³-hybridized carbons (Fsp3) is 0.538. The third-order valence-electron chi connectivity index (χ3n) is 3.60. The van der Waals surface area contributed by atoms with Crippen molar-refractivity contribution >= 4 is 23.2 Å². The maximum absolute atomic E-state index is 6.12. The van der Waals surface area contributed by atoms with E-state index in [1.54, 1.807) is 7.11 Å². The SMILES string of the molecule is COc1cc(Cl)c(Cl)cc1C1(C)CCNCC1. The third-order valence-corrected chi connectivity index (χ3v) is 4.32. The number of ether oxygens (including phenoxy) is 1. The molecule has 1 aliphatic rings. The second kappa shape index (κ2) is 5.05. The Bertz CT molecular complexity index is 414. The van der Waals surface area contributed by atoms with Gasteiger partial charge in [0.05, 0.1) is 17.2 Å². The van der Waals surface area contributed by atoms with Gasteiger partial charge in [-0.05, 0) is 37.4 Å². The van der Waals surface area contributed by atoms with Crippen molar-refractivity contribution in [3.63, 3.8) is 0 Å². The molecule has 0 unspecified atom stereocenters. The molecule has 1 saturated heterocycles. The lowest BCUT2D eigenvalue weighted by Gasteiger charge is -2.35. The van der Waals surface area contributed by atoms with Crippen LogP contribution in [0.25, 0.3) is 0 Å². The van der Waals surface area contributed by atoms with Crippen molar-refractivity contribution in [2.24, 2.45) is 0 Å². The minimum absolute atomic E-state index is 0.116. The fourth-order valence-electron chi connectivity index (χ4n) is 2.42. The van der Waals surface area contributed by atoms with Crippen LogP contribution in [0, 0.1) is 0 Å². The molecule has 0 amide bonds. The van der Waals surface area contributed by atoms with Crippen LogP contribution >= 0.6 is 23.2 Å². The van der Waals surface area contributed by atoms with Gasteiger partial charge >= 0.3 is 0 Å². The van der Waals surface area contributed by atoms with Crippen LogP contribution in [0.4, 0.5) is 0 Å². The lowest BCUT2D eigenvalue weighted by molar-refractivity contribution is 0.317. The second-order valence-electron chi connectivity index (χ2n) is 4.78. The van der Waals surface area contributed by atoms with E-state index < -0.39 is 0 Å². The lowest BCUT2D eigenvalue weighted by Crippen LogP contribution is -2.37. The van der Waals surface area contributed by atoms with Crippen LogP contribution in [0.1, 0.15) is 25.3 Å². The van der Waals surface area contributed by atoms with Gasteiger partial charge in [-0.3, -0.25) is 0 Å². The molecule has 2 nitrogen and oxygen atoms in total. The molecule has 0 radical (unpaired) electrons. The van der Waals surface area contributed by atoms with Crippen LogP contribution in [0.3, 0.4) is 0 Å². The van der Waals surface area contributed by atoms with Crippen molar-refractivity contribution in [3.05, 3.63) is 27.7 Å². The van der Waals surface area contributed by atoms with Crippen molar-refractivity contribution in [3.8, 4) is 5.75 Å². The maximum atomic E-state index is 6.12. The summed E-state index contributed by atoms with van der Waals surface area (Å²) in [6.07, 6.45) is 2.17. The van der Waals surface area contributed by atoms with E-state index in [2.05, 4.69) is 12.2 Å². The maximum Gasteiger partial charge on any atom is 0.124 e. The van der Waals surface area contributed by atoms with Crippen LogP contribution in [-0.2, 0) is 5.41 Å². The topological polar surface area (TPSA) is 21.3 Å². The average Bonchev–Trinajstić information content (AvgIpc) is 2.33. The van der Waals surface area contributed by atoms with Crippen LogP contribution < -0.4 is 10.1 Å². The molecule has 0 atom stereocenters.